The lowest BCUT2D eigenvalue weighted by atomic mass is 10.1. The fourth-order valence-electron chi connectivity index (χ4n) is 1.28. The van der Waals surface area contributed by atoms with Crippen molar-refractivity contribution in [3.05, 3.63) is 29.8 Å². The van der Waals surface area contributed by atoms with Gasteiger partial charge in [0, 0.05) is 6.61 Å². The van der Waals surface area contributed by atoms with E-state index < -0.39 is 12.0 Å². The minimum atomic E-state index is -1.05. The Hall–Kier alpha value is -1.59. The van der Waals surface area contributed by atoms with Crippen molar-refractivity contribution in [3.63, 3.8) is 0 Å². The number of aliphatic carboxylic acids is 1. The number of benzene rings is 1. The maximum Gasteiger partial charge on any atom is 0.325 e. The van der Waals surface area contributed by atoms with E-state index in [1.807, 2.05) is 6.92 Å². The smallest absolute Gasteiger partial charge is 0.325 e. The van der Waals surface area contributed by atoms with Crippen molar-refractivity contribution in [1.82, 2.24) is 0 Å². The molecule has 1 rings (SSSR count). The molecule has 0 fully saturated rings. The minimum Gasteiger partial charge on any atom is -0.491 e. The minimum absolute atomic E-state index is 0.470. The molecule has 5 nitrogen and oxygen atoms in total. The van der Waals surface area contributed by atoms with Crippen LogP contribution >= 0.6 is 0 Å². The maximum atomic E-state index is 10.7. The van der Waals surface area contributed by atoms with Crippen LogP contribution in [0.1, 0.15) is 18.5 Å². The summed E-state index contributed by atoms with van der Waals surface area (Å²) in [7, 11) is 0. The summed E-state index contributed by atoms with van der Waals surface area (Å²) in [5.41, 5.74) is 6.02. The molecule has 1 unspecified atom stereocenters. The lowest BCUT2D eigenvalue weighted by Crippen LogP contribution is -2.20. The summed E-state index contributed by atoms with van der Waals surface area (Å²) in [5.74, 6) is -0.374. The summed E-state index contributed by atoms with van der Waals surface area (Å²) >= 11 is 0. The lowest BCUT2D eigenvalue weighted by Gasteiger charge is -2.09. The second-order valence-corrected chi connectivity index (χ2v) is 3.43. The fraction of sp³-hybridized carbons (Fsp3) is 0.417. The monoisotopic (exact) mass is 239 g/mol. The summed E-state index contributed by atoms with van der Waals surface area (Å²) in [6.07, 6.45) is 0. The molecule has 0 aromatic heterocycles. The number of nitrogens with two attached hydrogens (primary N) is 1. The summed E-state index contributed by atoms with van der Waals surface area (Å²) in [4.78, 5) is 10.7. The third kappa shape index (κ3) is 4.42. The van der Waals surface area contributed by atoms with Crippen molar-refractivity contribution in [2.45, 2.75) is 13.0 Å². The van der Waals surface area contributed by atoms with Crippen LogP contribution in [0.25, 0.3) is 0 Å². The fourth-order valence-corrected chi connectivity index (χ4v) is 1.28. The molecular weight excluding hydrogens is 222 g/mol. The highest BCUT2D eigenvalue weighted by Gasteiger charge is 2.13. The molecule has 3 N–H and O–H groups in total. The number of ether oxygens (including phenoxy) is 2. The number of rotatable bonds is 7. The van der Waals surface area contributed by atoms with Crippen LogP contribution in [0.5, 0.6) is 5.75 Å². The van der Waals surface area contributed by atoms with Gasteiger partial charge in [0.1, 0.15) is 18.4 Å². The van der Waals surface area contributed by atoms with Crippen molar-refractivity contribution in [3.8, 4) is 5.75 Å². The lowest BCUT2D eigenvalue weighted by molar-refractivity contribution is -0.138. The van der Waals surface area contributed by atoms with Gasteiger partial charge in [0.05, 0.1) is 6.61 Å². The Kier molecular flexibility index (Phi) is 5.45. The number of hydrogen-bond donors (Lipinski definition) is 2. The Labute approximate surface area is 100 Å². The molecule has 1 atom stereocenters. The third-order valence-electron chi connectivity index (χ3n) is 2.21. The predicted octanol–water partition coefficient (Wildman–Crippen LogP) is 1.19. The molecule has 0 aliphatic heterocycles. The molecule has 0 saturated heterocycles. The number of carbonyl (C=O) groups is 1. The zero-order valence-corrected chi connectivity index (χ0v) is 9.76. The molecule has 17 heavy (non-hydrogen) atoms. The molecule has 0 aliphatic rings. The molecule has 0 bridgehead atoms. The van der Waals surface area contributed by atoms with Crippen LogP contribution in [0.4, 0.5) is 0 Å². The van der Waals surface area contributed by atoms with E-state index in [2.05, 4.69) is 0 Å². The average Bonchev–Trinajstić information content (AvgIpc) is 2.34. The SMILES string of the molecule is CCOCCOc1ccc(C(N)C(=O)O)cc1. The number of carboxylic acid groups (broad SMARTS) is 1. The van der Waals surface area contributed by atoms with E-state index in [0.717, 1.165) is 0 Å². The van der Waals surface area contributed by atoms with Crippen molar-refractivity contribution < 1.29 is 19.4 Å². The van der Waals surface area contributed by atoms with Crippen LogP contribution in [0.2, 0.25) is 0 Å². The molecular formula is C12H17NO4. The van der Waals surface area contributed by atoms with Gasteiger partial charge in [0.25, 0.3) is 0 Å². The Bertz CT molecular complexity index is 350. The zero-order chi connectivity index (χ0) is 12.7. The average molecular weight is 239 g/mol. The Balaban J connectivity index is 2.47. The topological polar surface area (TPSA) is 81.8 Å². The van der Waals surface area contributed by atoms with Gasteiger partial charge in [0.2, 0.25) is 0 Å². The quantitative estimate of drug-likeness (QED) is 0.698. The van der Waals surface area contributed by atoms with Crippen LogP contribution < -0.4 is 10.5 Å². The number of carboxylic acids is 1. The second kappa shape index (κ2) is 6.88. The van der Waals surface area contributed by atoms with Gasteiger partial charge in [-0.1, -0.05) is 12.1 Å². The van der Waals surface area contributed by atoms with Crippen LogP contribution in [-0.4, -0.2) is 30.9 Å². The normalized spacial score (nSPS) is 12.1. The maximum absolute atomic E-state index is 10.7. The Morgan fingerprint density at radius 2 is 2.00 bits per heavy atom. The standard InChI is InChI=1S/C12H17NO4/c1-2-16-7-8-17-10-5-3-9(4-6-10)11(13)12(14)15/h3-6,11H,2,7-8,13H2,1H3,(H,14,15). The van der Waals surface area contributed by atoms with E-state index in [-0.39, 0.29) is 0 Å². The van der Waals surface area contributed by atoms with E-state index in [1.54, 1.807) is 24.3 Å². The molecule has 0 saturated carbocycles. The van der Waals surface area contributed by atoms with Crippen molar-refractivity contribution >= 4 is 5.97 Å². The first-order valence-electron chi connectivity index (χ1n) is 5.44. The highest BCUT2D eigenvalue weighted by Crippen LogP contribution is 2.16. The van der Waals surface area contributed by atoms with Gasteiger partial charge in [-0.15, -0.1) is 0 Å². The van der Waals surface area contributed by atoms with Crippen LogP contribution in [0, 0.1) is 0 Å². The van der Waals surface area contributed by atoms with Crippen LogP contribution in [0.15, 0.2) is 24.3 Å². The molecule has 0 aliphatic carbocycles. The molecule has 1 aromatic rings. The first-order valence-corrected chi connectivity index (χ1v) is 5.44. The highest BCUT2D eigenvalue weighted by molar-refractivity contribution is 5.75. The molecule has 94 valence electrons. The van der Waals surface area contributed by atoms with Gasteiger partial charge < -0.3 is 20.3 Å². The molecule has 5 heteroatoms. The largest absolute Gasteiger partial charge is 0.491 e. The van der Waals surface area contributed by atoms with Gasteiger partial charge in [-0.2, -0.15) is 0 Å². The summed E-state index contributed by atoms with van der Waals surface area (Å²) in [6, 6.07) is 5.70. The van der Waals surface area contributed by atoms with E-state index in [4.69, 9.17) is 20.3 Å². The molecule has 0 heterocycles. The van der Waals surface area contributed by atoms with Crippen LogP contribution in [0.3, 0.4) is 0 Å². The van der Waals surface area contributed by atoms with Crippen molar-refractivity contribution in [2.24, 2.45) is 5.73 Å². The van der Waals surface area contributed by atoms with Gasteiger partial charge in [-0.3, -0.25) is 4.79 Å². The van der Waals surface area contributed by atoms with Gasteiger partial charge >= 0.3 is 5.97 Å². The van der Waals surface area contributed by atoms with Gasteiger partial charge in [0.15, 0.2) is 0 Å². The van der Waals surface area contributed by atoms with E-state index >= 15 is 0 Å². The van der Waals surface area contributed by atoms with Gasteiger partial charge in [-0.05, 0) is 24.6 Å². The predicted molar refractivity (Wildman–Crippen MR) is 63.0 cm³/mol. The summed E-state index contributed by atoms with van der Waals surface area (Å²) in [5, 5.41) is 8.73. The zero-order valence-electron chi connectivity index (χ0n) is 9.76. The molecule has 0 spiro atoms. The first-order chi connectivity index (χ1) is 8.15. The first kappa shape index (κ1) is 13.5. The Morgan fingerprint density at radius 3 is 2.53 bits per heavy atom. The van der Waals surface area contributed by atoms with Gasteiger partial charge in [-0.25, -0.2) is 0 Å². The summed E-state index contributed by atoms with van der Waals surface area (Å²) < 4.78 is 10.5. The van der Waals surface area contributed by atoms with E-state index in [0.29, 0.717) is 31.1 Å². The second-order valence-electron chi connectivity index (χ2n) is 3.43. The molecule has 0 amide bonds. The Morgan fingerprint density at radius 1 is 1.35 bits per heavy atom. The van der Waals surface area contributed by atoms with E-state index in [1.165, 1.54) is 0 Å². The number of hydrogen-bond acceptors (Lipinski definition) is 4. The third-order valence-corrected chi connectivity index (χ3v) is 2.21. The summed E-state index contributed by atoms with van der Waals surface area (Å²) in [6.45, 7) is 3.59. The molecule has 0 radical (unpaired) electrons. The van der Waals surface area contributed by atoms with E-state index in [9.17, 15) is 4.79 Å². The molecule has 1 aromatic carbocycles. The highest BCUT2D eigenvalue weighted by atomic mass is 16.5. The van der Waals surface area contributed by atoms with Crippen LogP contribution in [-0.2, 0) is 9.53 Å². The van der Waals surface area contributed by atoms with Crippen molar-refractivity contribution in [1.29, 1.82) is 0 Å². The van der Waals surface area contributed by atoms with Crippen molar-refractivity contribution in [2.75, 3.05) is 19.8 Å².